The third-order valence-electron chi connectivity index (χ3n) is 2.29. The number of halogens is 1. The van der Waals surface area contributed by atoms with Crippen LogP contribution in [-0.4, -0.2) is 18.5 Å². The Morgan fingerprint density at radius 1 is 1.42 bits per heavy atom. The quantitative estimate of drug-likeness (QED) is 0.439. The first-order chi connectivity index (χ1) is 8.54. The van der Waals surface area contributed by atoms with E-state index in [-0.39, 0.29) is 24.9 Å². The molecule has 0 saturated heterocycles. The first-order valence-electron chi connectivity index (χ1n) is 5.42. The van der Waals surface area contributed by atoms with E-state index in [4.69, 9.17) is 12.2 Å². The fraction of sp³-hybridized carbons (Fsp3) is 0.231. The minimum Gasteiger partial charge on any atom is -0.351 e. The number of terminal acetylenes is 1. The molecule has 0 heterocycles. The van der Waals surface area contributed by atoms with Gasteiger partial charge in [-0.3, -0.25) is 5.32 Å². The molecule has 4 N–H and O–H groups in total. The number of nitrogens with zero attached hydrogens (tertiary/aromatic N) is 1. The number of aryl methyl sites for hydroxylation is 2. The first-order valence-corrected chi connectivity index (χ1v) is 5.42. The Balaban J connectivity index is 0.00000324. The van der Waals surface area contributed by atoms with Gasteiger partial charge in [-0.1, -0.05) is 24.1 Å². The zero-order valence-electron chi connectivity index (χ0n) is 10.9. The summed E-state index contributed by atoms with van der Waals surface area (Å²) in [6.45, 7) is 4.07. The lowest BCUT2D eigenvalue weighted by Crippen LogP contribution is -2.39. The normalized spacial score (nSPS) is 10.1. The summed E-state index contributed by atoms with van der Waals surface area (Å²) < 4.78 is 0. The summed E-state index contributed by atoms with van der Waals surface area (Å²) in [5.74, 6) is 2.61. The zero-order valence-corrected chi connectivity index (χ0v) is 11.7. The van der Waals surface area contributed by atoms with Gasteiger partial charge in [0.1, 0.15) is 6.54 Å². The summed E-state index contributed by atoms with van der Waals surface area (Å²) in [5, 5.41) is 5.42. The van der Waals surface area contributed by atoms with Gasteiger partial charge in [0.15, 0.2) is 0 Å². The molecule has 0 atom stereocenters. The van der Waals surface area contributed by atoms with Crippen LogP contribution in [0.15, 0.2) is 23.2 Å². The molecule has 1 aromatic carbocycles. The number of guanidine groups is 1. The molecule has 6 heteroatoms. The second-order valence-corrected chi connectivity index (χ2v) is 3.75. The molecule has 0 aliphatic rings. The van der Waals surface area contributed by atoms with Gasteiger partial charge in [-0.15, -0.1) is 18.8 Å². The van der Waals surface area contributed by atoms with Crippen LogP contribution >= 0.6 is 12.4 Å². The van der Waals surface area contributed by atoms with E-state index in [1.165, 1.54) is 0 Å². The number of amides is 2. The number of aliphatic imine (C=N–C) groups is 1. The third-order valence-corrected chi connectivity index (χ3v) is 2.29. The summed E-state index contributed by atoms with van der Waals surface area (Å²) in [6, 6.07) is 5.18. The van der Waals surface area contributed by atoms with Crippen molar-refractivity contribution in [2.45, 2.75) is 13.8 Å². The molecular formula is C13H17ClN4O. The van der Waals surface area contributed by atoms with Crippen LogP contribution in [-0.2, 0) is 0 Å². The van der Waals surface area contributed by atoms with E-state index in [2.05, 4.69) is 21.5 Å². The number of rotatable bonds is 2. The molecule has 1 aromatic rings. The molecule has 19 heavy (non-hydrogen) atoms. The van der Waals surface area contributed by atoms with Crippen molar-refractivity contribution in [1.29, 1.82) is 0 Å². The van der Waals surface area contributed by atoms with Crippen LogP contribution in [0.5, 0.6) is 0 Å². The van der Waals surface area contributed by atoms with Gasteiger partial charge in [0.25, 0.3) is 0 Å². The highest BCUT2D eigenvalue weighted by molar-refractivity contribution is 6.04. The number of hydrogen-bond acceptors (Lipinski definition) is 2. The molecule has 0 spiro atoms. The molecular weight excluding hydrogens is 264 g/mol. The predicted molar refractivity (Wildman–Crippen MR) is 80.6 cm³/mol. The third kappa shape index (κ3) is 5.32. The van der Waals surface area contributed by atoms with Crippen LogP contribution in [0.4, 0.5) is 10.5 Å². The largest absolute Gasteiger partial charge is 0.351 e. The Morgan fingerprint density at radius 3 is 2.47 bits per heavy atom. The highest BCUT2D eigenvalue weighted by Gasteiger charge is 2.06. The van der Waals surface area contributed by atoms with Gasteiger partial charge in [-0.25, -0.2) is 9.79 Å². The van der Waals surface area contributed by atoms with Crippen LogP contribution in [0.3, 0.4) is 0 Å². The standard InChI is InChI=1S/C13H16N4O.ClH/c1-4-8-15-13(17-12(14)18)16-11-9(2)6-5-7-10(11)3;/h1,5-7H,8H2,2-3H3,(H4,14,15,16,17,18);1H. The van der Waals surface area contributed by atoms with E-state index >= 15 is 0 Å². The molecule has 0 fully saturated rings. The van der Waals surface area contributed by atoms with E-state index in [1.807, 2.05) is 32.0 Å². The average Bonchev–Trinajstić information content (AvgIpc) is 2.30. The van der Waals surface area contributed by atoms with Gasteiger partial charge in [0.2, 0.25) is 5.96 Å². The second kappa shape index (κ2) is 8.01. The molecule has 2 amide bonds. The predicted octanol–water partition coefficient (Wildman–Crippen LogP) is 1.79. The maximum atomic E-state index is 10.9. The van der Waals surface area contributed by atoms with E-state index in [1.54, 1.807) is 0 Å². The average molecular weight is 281 g/mol. The molecule has 0 unspecified atom stereocenters. The molecule has 0 saturated carbocycles. The van der Waals surface area contributed by atoms with Crippen molar-refractivity contribution in [1.82, 2.24) is 5.32 Å². The van der Waals surface area contributed by atoms with Crippen LogP contribution in [0.25, 0.3) is 0 Å². The highest BCUT2D eigenvalue weighted by atomic mass is 35.5. The number of nitrogens with two attached hydrogens (primary N) is 1. The molecule has 0 bridgehead atoms. The lowest BCUT2D eigenvalue weighted by molar-refractivity contribution is 0.253. The number of urea groups is 1. The summed E-state index contributed by atoms with van der Waals surface area (Å²) in [7, 11) is 0. The SMILES string of the molecule is C#CCN=C(NC(N)=O)Nc1c(C)cccc1C.Cl. The lowest BCUT2D eigenvalue weighted by Gasteiger charge is -2.14. The number of carbonyl (C=O) groups excluding carboxylic acids is 1. The summed E-state index contributed by atoms with van der Waals surface area (Å²) in [4.78, 5) is 14.9. The van der Waals surface area contributed by atoms with E-state index in [0.717, 1.165) is 16.8 Å². The fourth-order valence-corrected chi connectivity index (χ4v) is 1.48. The fourth-order valence-electron chi connectivity index (χ4n) is 1.48. The number of benzene rings is 1. The maximum Gasteiger partial charge on any atom is 0.318 e. The van der Waals surface area contributed by atoms with E-state index < -0.39 is 6.03 Å². The molecule has 102 valence electrons. The topological polar surface area (TPSA) is 79.5 Å². The molecule has 5 nitrogen and oxygen atoms in total. The first kappa shape index (κ1) is 16.8. The van der Waals surface area contributed by atoms with Crippen molar-refractivity contribution in [3.8, 4) is 12.3 Å². The van der Waals surface area contributed by atoms with Gasteiger partial charge in [-0.05, 0) is 25.0 Å². The number of hydrogen-bond donors (Lipinski definition) is 3. The Morgan fingerprint density at radius 2 is 2.00 bits per heavy atom. The number of primary amides is 1. The summed E-state index contributed by atoms with van der Waals surface area (Å²) >= 11 is 0. The van der Waals surface area contributed by atoms with Crippen molar-refractivity contribution >= 4 is 30.1 Å². The highest BCUT2D eigenvalue weighted by Crippen LogP contribution is 2.18. The van der Waals surface area contributed by atoms with E-state index in [9.17, 15) is 4.79 Å². The minimum absolute atomic E-state index is 0. The Kier molecular flexibility index (Phi) is 7.08. The smallest absolute Gasteiger partial charge is 0.318 e. The Labute approximate surface area is 119 Å². The van der Waals surface area contributed by atoms with Crippen molar-refractivity contribution in [2.24, 2.45) is 10.7 Å². The molecule has 1 rings (SSSR count). The number of para-hydroxylation sites is 1. The van der Waals surface area contributed by atoms with Gasteiger partial charge in [0, 0.05) is 5.69 Å². The lowest BCUT2D eigenvalue weighted by atomic mass is 10.1. The Hall–Kier alpha value is -2.19. The maximum absolute atomic E-state index is 10.9. The molecule has 0 aromatic heterocycles. The van der Waals surface area contributed by atoms with E-state index in [0.29, 0.717) is 0 Å². The summed E-state index contributed by atoms with van der Waals surface area (Å²) in [6.07, 6.45) is 5.13. The minimum atomic E-state index is -0.690. The van der Waals surface area contributed by atoms with Crippen molar-refractivity contribution < 1.29 is 4.79 Å². The van der Waals surface area contributed by atoms with Crippen LogP contribution in [0.2, 0.25) is 0 Å². The monoisotopic (exact) mass is 280 g/mol. The van der Waals surface area contributed by atoms with Gasteiger partial charge in [0.05, 0.1) is 0 Å². The summed E-state index contributed by atoms with van der Waals surface area (Å²) in [5.41, 5.74) is 8.02. The molecule has 0 radical (unpaired) electrons. The number of carbonyl (C=O) groups is 1. The zero-order chi connectivity index (χ0) is 13.5. The van der Waals surface area contributed by atoms with Crippen LogP contribution < -0.4 is 16.4 Å². The second-order valence-electron chi connectivity index (χ2n) is 3.75. The van der Waals surface area contributed by atoms with Crippen molar-refractivity contribution in [2.75, 3.05) is 11.9 Å². The van der Waals surface area contributed by atoms with Crippen molar-refractivity contribution in [3.05, 3.63) is 29.3 Å². The van der Waals surface area contributed by atoms with Crippen molar-refractivity contribution in [3.63, 3.8) is 0 Å². The number of anilines is 1. The van der Waals surface area contributed by atoms with Gasteiger partial charge < -0.3 is 11.1 Å². The van der Waals surface area contributed by atoms with Crippen LogP contribution in [0.1, 0.15) is 11.1 Å². The molecule has 0 aliphatic heterocycles. The van der Waals surface area contributed by atoms with Gasteiger partial charge in [-0.2, -0.15) is 0 Å². The van der Waals surface area contributed by atoms with Crippen LogP contribution in [0, 0.1) is 26.2 Å². The number of nitrogens with one attached hydrogen (secondary N) is 2. The molecule has 0 aliphatic carbocycles. The Bertz CT molecular complexity index is 500. The van der Waals surface area contributed by atoms with Gasteiger partial charge >= 0.3 is 6.03 Å².